The third-order valence-electron chi connectivity index (χ3n) is 3.73. The summed E-state index contributed by atoms with van der Waals surface area (Å²) in [6.45, 7) is 0.926. The molecule has 0 aromatic heterocycles. The normalized spacial score (nSPS) is 25.4. The molecular weight excluding hydrogens is 248 g/mol. The summed E-state index contributed by atoms with van der Waals surface area (Å²) in [6, 6.07) is 3.03. The molecule has 0 spiro atoms. The lowest BCUT2D eigenvalue weighted by Crippen LogP contribution is -2.37. The van der Waals surface area contributed by atoms with E-state index in [0.29, 0.717) is 30.8 Å². The first kappa shape index (κ1) is 12.1. The molecule has 0 aliphatic carbocycles. The van der Waals surface area contributed by atoms with Gasteiger partial charge in [0.05, 0.1) is 30.5 Å². The summed E-state index contributed by atoms with van der Waals surface area (Å²) in [7, 11) is 1.44. The molecule has 3 N–H and O–H groups in total. The number of fused-ring (bicyclic) bond motifs is 2. The van der Waals surface area contributed by atoms with Gasteiger partial charge in [-0.15, -0.1) is 0 Å². The van der Waals surface area contributed by atoms with Crippen LogP contribution >= 0.6 is 0 Å². The molecule has 1 saturated heterocycles. The zero-order valence-corrected chi connectivity index (χ0v) is 10.6. The Morgan fingerprint density at radius 2 is 2.26 bits per heavy atom. The van der Waals surface area contributed by atoms with E-state index in [0.717, 1.165) is 0 Å². The fourth-order valence-corrected chi connectivity index (χ4v) is 2.77. The Morgan fingerprint density at radius 1 is 1.47 bits per heavy atom. The van der Waals surface area contributed by atoms with Gasteiger partial charge in [0.1, 0.15) is 0 Å². The van der Waals surface area contributed by atoms with Crippen molar-refractivity contribution in [1.82, 2.24) is 4.90 Å². The number of hydrogen-bond donors (Lipinski definition) is 3. The number of methoxy groups -OCH3 is 1. The Morgan fingerprint density at radius 3 is 3.00 bits per heavy atom. The van der Waals surface area contributed by atoms with Crippen LogP contribution in [0.3, 0.4) is 0 Å². The number of amides is 1. The summed E-state index contributed by atoms with van der Waals surface area (Å²) in [5.74, 6) is 0.135. The average molecular weight is 264 g/mol. The number of anilines is 1. The number of aromatic hydroxyl groups is 1. The fraction of sp³-hybridized carbons (Fsp3) is 0.462. The third-order valence-corrected chi connectivity index (χ3v) is 3.73. The second kappa shape index (κ2) is 4.31. The first-order valence-corrected chi connectivity index (χ1v) is 6.24. The topological polar surface area (TPSA) is 82.0 Å². The number of aliphatic hydroxyl groups excluding tert-OH is 1. The first-order valence-electron chi connectivity index (χ1n) is 6.24. The molecule has 6 heteroatoms. The van der Waals surface area contributed by atoms with Gasteiger partial charge >= 0.3 is 0 Å². The van der Waals surface area contributed by atoms with Crippen LogP contribution in [0.25, 0.3) is 0 Å². The number of aliphatic hydroxyl groups is 1. The van der Waals surface area contributed by atoms with Crippen molar-refractivity contribution in [2.24, 2.45) is 0 Å². The van der Waals surface area contributed by atoms with Crippen LogP contribution < -0.4 is 10.1 Å². The molecule has 0 unspecified atom stereocenters. The molecule has 6 nitrogen and oxygen atoms in total. The van der Waals surface area contributed by atoms with E-state index in [9.17, 15) is 15.0 Å². The van der Waals surface area contributed by atoms with E-state index >= 15 is 0 Å². The Labute approximate surface area is 110 Å². The monoisotopic (exact) mass is 264 g/mol. The summed E-state index contributed by atoms with van der Waals surface area (Å²) < 4.78 is 5.03. The largest absolute Gasteiger partial charge is 0.504 e. The maximum atomic E-state index is 12.5. The van der Waals surface area contributed by atoms with Gasteiger partial charge in [0.2, 0.25) is 0 Å². The van der Waals surface area contributed by atoms with Gasteiger partial charge < -0.3 is 25.2 Å². The highest BCUT2D eigenvalue weighted by molar-refractivity contribution is 6.01. The number of phenols is 1. The molecule has 1 aromatic carbocycles. The molecule has 1 fully saturated rings. The zero-order valence-electron chi connectivity index (χ0n) is 10.6. The van der Waals surface area contributed by atoms with E-state index in [-0.39, 0.29) is 23.4 Å². The quantitative estimate of drug-likeness (QED) is 0.684. The summed E-state index contributed by atoms with van der Waals surface area (Å²) >= 11 is 0. The van der Waals surface area contributed by atoms with Gasteiger partial charge in [-0.25, -0.2) is 0 Å². The van der Waals surface area contributed by atoms with Crippen molar-refractivity contribution in [2.75, 3.05) is 25.5 Å². The lowest BCUT2D eigenvalue weighted by molar-refractivity contribution is 0.0728. The standard InChI is InChI=1S/C13H16N2O4/c1-19-12-3-9-10(4-11(12)17)14-5-7-2-8(16)6-15(7)13(9)18/h3-4,7-8,14,16-17H,2,5-6H2,1H3/t7-,8+/m0/s1. The van der Waals surface area contributed by atoms with E-state index in [1.54, 1.807) is 4.90 Å². The van der Waals surface area contributed by atoms with Gasteiger partial charge in [-0.2, -0.15) is 0 Å². The molecular formula is C13H16N2O4. The minimum Gasteiger partial charge on any atom is -0.504 e. The van der Waals surface area contributed by atoms with Crippen LogP contribution in [0.5, 0.6) is 11.5 Å². The van der Waals surface area contributed by atoms with Crippen molar-refractivity contribution >= 4 is 11.6 Å². The van der Waals surface area contributed by atoms with Crippen LogP contribution in [0.15, 0.2) is 12.1 Å². The van der Waals surface area contributed by atoms with Crippen LogP contribution in [-0.4, -0.2) is 53.4 Å². The molecule has 1 amide bonds. The second-order valence-electron chi connectivity index (χ2n) is 4.95. The molecule has 2 heterocycles. The molecule has 2 aliphatic rings. The lowest BCUT2D eigenvalue weighted by atomic mass is 10.1. The molecule has 3 rings (SSSR count). The molecule has 0 bridgehead atoms. The molecule has 102 valence electrons. The summed E-state index contributed by atoms with van der Waals surface area (Å²) in [5.41, 5.74) is 1.07. The number of carbonyl (C=O) groups is 1. The van der Waals surface area contributed by atoms with Crippen LogP contribution in [0, 0.1) is 0 Å². The number of hydrogen-bond acceptors (Lipinski definition) is 5. The van der Waals surface area contributed by atoms with Crippen molar-refractivity contribution in [3.63, 3.8) is 0 Å². The predicted octanol–water partition coefficient (Wildman–Crippen LogP) is 0.402. The maximum Gasteiger partial charge on any atom is 0.256 e. The highest BCUT2D eigenvalue weighted by Gasteiger charge is 2.37. The van der Waals surface area contributed by atoms with E-state index in [1.165, 1.54) is 19.2 Å². The second-order valence-corrected chi connectivity index (χ2v) is 4.95. The summed E-state index contributed by atoms with van der Waals surface area (Å²) in [4.78, 5) is 14.2. The molecule has 0 radical (unpaired) electrons. The number of carbonyl (C=O) groups excluding carboxylic acids is 1. The average Bonchev–Trinajstić information content (AvgIpc) is 2.71. The Balaban J connectivity index is 2.03. The number of rotatable bonds is 1. The lowest BCUT2D eigenvalue weighted by Gasteiger charge is -2.21. The van der Waals surface area contributed by atoms with Gasteiger partial charge in [-0.3, -0.25) is 4.79 Å². The summed E-state index contributed by atoms with van der Waals surface area (Å²) in [5, 5.41) is 22.6. The Hall–Kier alpha value is -1.95. The smallest absolute Gasteiger partial charge is 0.256 e. The first-order chi connectivity index (χ1) is 9.10. The predicted molar refractivity (Wildman–Crippen MR) is 68.6 cm³/mol. The Kier molecular flexibility index (Phi) is 2.74. The van der Waals surface area contributed by atoms with Crippen molar-refractivity contribution in [2.45, 2.75) is 18.6 Å². The van der Waals surface area contributed by atoms with Gasteiger partial charge in [-0.05, 0) is 12.5 Å². The summed E-state index contributed by atoms with van der Waals surface area (Å²) in [6.07, 6.45) is 0.117. The number of ether oxygens (including phenoxy) is 1. The van der Waals surface area contributed by atoms with Gasteiger partial charge in [-0.1, -0.05) is 0 Å². The number of nitrogens with zero attached hydrogens (tertiary/aromatic N) is 1. The van der Waals surface area contributed by atoms with E-state index in [1.807, 2.05) is 0 Å². The van der Waals surface area contributed by atoms with Crippen molar-refractivity contribution in [3.05, 3.63) is 17.7 Å². The molecule has 1 aromatic rings. The number of benzene rings is 1. The third kappa shape index (κ3) is 1.88. The molecule has 0 saturated carbocycles. The number of phenolic OH excluding ortho intramolecular Hbond substituents is 1. The van der Waals surface area contributed by atoms with Crippen molar-refractivity contribution in [1.29, 1.82) is 0 Å². The molecule has 2 atom stereocenters. The Bertz CT molecular complexity index is 532. The SMILES string of the molecule is COc1cc2c(cc1O)NC[C@@H]1C[C@@H](O)CN1C2=O. The van der Waals surface area contributed by atoms with Crippen LogP contribution in [0.1, 0.15) is 16.8 Å². The fourth-order valence-electron chi connectivity index (χ4n) is 2.77. The van der Waals surface area contributed by atoms with E-state index in [4.69, 9.17) is 4.74 Å². The van der Waals surface area contributed by atoms with Crippen LogP contribution in [0.4, 0.5) is 5.69 Å². The van der Waals surface area contributed by atoms with Crippen molar-refractivity contribution in [3.8, 4) is 11.5 Å². The highest BCUT2D eigenvalue weighted by Crippen LogP contribution is 2.36. The van der Waals surface area contributed by atoms with Gasteiger partial charge in [0.25, 0.3) is 5.91 Å². The van der Waals surface area contributed by atoms with E-state index in [2.05, 4.69) is 5.32 Å². The van der Waals surface area contributed by atoms with E-state index < -0.39 is 6.10 Å². The molecule has 19 heavy (non-hydrogen) atoms. The zero-order chi connectivity index (χ0) is 13.6. The minimum atomic E-state index is -0.462. The van der Waals surface area contributed by atoms with Crippen LogP contribution in [-0.2, 0) is 0 Å². The van der Waals surface area contributed by atoms with Crippen LogP contribution in [0.2, 0.25) is 0 Å². The van der Waals surface area contributed by atoms with Gasteiger partial charge in [0, 0.05) is 19.2 Å². The molecule has 2 aliphatic heterocycles. The van der Waals surface area contributed by atoms with Gasteiger partial charge in [0.15, 0.2) is 11.5 Å². The highest BCUT2D eigenvalue weighted by atomic mass is 16.5. The number of nitrogens with one attached hydrogen (secondary N) is 1. The minimum absolute atomic E-state index is 0.00337. The van der Waals surface area contributed by atoms with Crippen molar-refractivity contribution < 1.29 is 19.7 Å². The maximum absolute atomic E-state index is 12.5.